The Bertz CT molecular complexity index is 371. The molecule has 2 aliphatic rings. The lowest BCUT2D eigenvalue weighted by molar-refractivity contribution is 0.193. The molecule has 1 unspecified atom stereocenters. The van der Waals surface area contributed by atoms with Crippen LogP contribution in [0.2, 0.25) is 0 Å². The van der Waals surface area contributed by atoms with E-state index in [0.717, 1.165) is 5.92 Å². The highest BCUT2D eigenvalue weighted by Crippen LogP contribution is 2.44. The van der Waals surface area contributed by atoms with Gasteiger partial charge < -0.3 is 5.32 Å². The minimum Gasteiger partial charge on any atom is -0.316 e. The zero-order valence-corrected chi connectivity index (χ0v) is 9.42. The number of hydrogen-bond acceptors (Lipinski definition) is 1. The van der Waals surface area contributed by atoms with Crippen molar-refractivity contribution in [2.24, 2.45) is 5.92 Å². The second kappa shape index (κ2) is 3.34. The molecule has 1 fully saturated rings. The van der Waals surface area contributed by atoms with Crippen LogP contribution in [0.15, 0.2) is 24.3 Å². The van der Waals surface area contributed by atoms with E-state index in [2.05, 4.69) is 36.5 Å². The van der Waals surface area contributed by atoms with E-state index >= 15 is 0 Å². The molecular formula is C14H19N. The molecule has 1 heterocycles. The highest BCUT2D eigenvalue weighted by atomic mass is 14.9. The second-order valence-corrected chi connectivity index (χ2v) is 5.26. The van der Waals surface area contributed by atoms with Crippen LogP contribution in [0.5, 0.6) is 0 Å². The van der Waals surface area contributed by atoms with E-state index < -0.39 is 0 Å². The van der Waals surface area contributed by atoms with Crippen LogP contribution in [0.25, 0.3) is 0 Å². The number of hydrogen-bond donors (Lipinski definition) is 1. The number of benzene rings is 1. The molecule has 0 radical (unpaired) electrons. The predicted octanol–water partition coefficient (Wildman–Crippen LogP) is 2.50. The number of nitrogens with one attached hydrogen (secondary N) is 1. The second-order valence-electron chi connectivity index (χ2n) is 5.26. The Morgan fingerprint density at radius 1 is 1.33 bits per heavy atom. The van der Waals surface area contributed by atoms with Crippen molar-refractivity contribution in [3.63, 3.8) is 0 Å². The molecule has 2 atom stereocenters. The van der Waals surface area contributed by atoms with Crippen molar-refractivity contribution in [1.29, 1.82) is 0 Å². The Hall–Kier alpha value is -0.820. The maximum atomic E-state index is 3.54. The third kappa shape index (κ3) is 1.33. The molecule has 1 aliphatic heterocycles. The van der Waals surface area contributed by atoms with Crippen LogP contribution in [0.3, 0.4) is 0 Å². The van der Waals surface area contributed by atoms with E-state index in [-0.39, 0.29) is 0 Å². The molecular weight excluding hydrogens is 182 g/mol. The van der Waals surface area contributed by atoms with Crippen LogP contribution in [0.1, 0.15) is 30.9 Å². The predicted molar refractivity (Wildman–Crippen MR) is 63.1 cm³/mol. The summed E-state index contributed by atoms with van der Waals surface area (Å²) in [5.41, 5.74) is 3.67. The molecule has 1 aliphatic carbocycles. The maximum Gasteiger partial charge on any atom is -0.00120 e. The quantitative estimate of drug-likeness (QED) is 0.680. The van der Waals surface area contributed by atoms with Gasteiger partial charge in [-0.3, -0.25) is 0 Å². The van der Waals surface area contributed by atoms with Gasteiger partial charge in [-0.2, -0.15) is 0 Å². The first kappa shape index (κ1) is 9.41. The standard InChI is InChI=1S/C14H19N/c1-14-8-9-15-10-12(14)7-6-11-4-2-3-5-13(11)14/h2-5,12,15H,6-10H2,1H3/t12-,14?/m0/s1. The minimum atomic E-state index is 0.445. The van der Waals surface area contributed by atoms with E-state index in [1.165, 1.54) is 32.4 Å². The summed E-state index contributed by atoms with van der Waals surface area (Å²) in [6, 6.07) is 9.06. The molecule has 1 nitrogen and oxygen atoms in total. The molecule has 1 N–H and O–H groups in total. The summed E-state index contributed by atoms with van der Waals surface area (Å²) in [5, 5.41) is 3.54. The Labute approximate surface area is 91.9 Å². The van der Waals surface area contributed by atoms with Crippen LogP contribution in [0, 0.1) is 5.92 Å². The molecule has 3 rings (SSSR count). The summed E-state index contributed by atoms with van der Waals surface area (Å²) in [7, 11) is 0. The van der Waals surface area contributed by atoms with Crippen molar-refractivity contribution < 1.29 is 0 Å². The van der Waals surface area contributed by atoms with Crippen molar-refractivity contribution in [3.05, 3.63) is 35.4 Å². The monoisotopic (exact) mass is 201 g/mol. The molecule has 80 valence electrons. The lowest BCUT2D eigenvalue weighted by atomic mass is 9.61. The number of aryl methyl sites for hydroxylation is 1. The van der Waals surface area contributed by atoms with Gasteiger partial charge in [-0.1, -0.05) is 31.2 Å². The Balaban J connectivity index is 2.09. The van der Waals surface area contributed by atoms with E-state index in [9.17, 15) is 0 Å². The van der Waals surface area contributed by atoms with Crippen molar-refractivity contribution in [3.8, 4) is 0 Å². The highest BCUT2D eigenvalue weighted by molar-refractivity contribution is 5.37. The first-order valence-electron chi connectivity index (χ1n) is 6.10. The molecule has 1 saturated heterocycles. The first-order valence-corrected chi connectivity index (χ1v) is 6.10. The van der Waals surface area contributed by atoms with Crippen molar-refractivity contribution >= 4 is 0 Å². The summed E-state index contributed by atoms with van der Waals surface area (Å²) >= 11 is 0. The van der Waals surface area contributed by atoms with Gasteiger partial charge in [-0.15, -0.1) is 0 Å². The lowest BCUT2D eigenvalue weighted by Crippen LogP contribution is -2.48. The van der Waals surface area contributed by atoms with Crippen molar-refractivity contribution in [1.82, 2.24) is 5.32 Å². The van der Waals surface area contributed by atoms with Gasteiger partial charge in [0.05, 0.1) is 0 Å². The molecule has 0 aromatic heterocycles. The van der Waals surface area contributed by atoms with Crippen LogP contribution >= 0.6 is 0 Å². The molecule has 0 amide bonds. The minimum absolute atomic E-state index is 0.445. The zero-order chi connectivity index (χ0) is 10.3. The average molecular weight is 201 g/mol. The van der Waals surface area contributed by atoms with Crippen LogP contribution in [-0.2, 0) is 11.8 Å². The summed E-state index contributed by atoms with van der Waals surface area (Å²) < 4.78 is 0. The number of fused-ring (bicyclic) bond motifs is 3. The third-order valence-corrected chi connectivity index (χ3v) is 4.51. The third-order valence-electron chi connectivity index (χ3n) is 4.51. The van der Waals surface area contributed by atoms with E-state index in [1.807, 2.05) is 0 Å². The summed E-state index contributed by atoms with van der Waals surface area (Å²) in [6.45, 7) is 4.86. The maximum absolute atomic E-state index is 3.54. The molecule has 0 spiro atoms. The summed E-state index contributed by atoms with van der Waals surface area (Å²) in [5.74, 6) is 0.848. The highest BCUT2D eigenvalue weighted by Gasteiger charge is 2.41. The molecule has 1 aromatic carbocycles. The van der Waals surface area contributed by atoms with Gasteiger partial charge >= 0.3 is 0 Å². The van der Waals surface area contributed by atoms with Gasteiger partial charge in [0.2, 0.25) is 0 Å². The fraction of sp³-hybridized carbons (Fsp3) is 0.571. The first-order chi connectivity index (χ1) is 7.31. The fourth-order valence-electron chi connectivity index (χ4n) is 3.45. The van der Waals surface area contributed by atoms with Crippen molar-refractivity contribution in [2.45, 2.75) is 31.6 Å². The summed E-state index contributed by atoms with van der Waals surface area (Å²) in [6.07, 6.45) is 3.94. The number of rotatable bonds is 0. The van der Waals surface area contributed by atoms with E-state index in [0.29, 0.717) is 5.41 Å². The van der Waals surface area contributed by atoms with Crippen LogP contribution < -0.4 is 5.32 Å². The van der Waals surface area contributed by atoms with Gasteiger partial charge in [0.25, 0.3) is 0 Å². The Morgan fingerprint density at radius 3 is 3.13 bits per heavy atom. The molecule has 1 aromatic rings. The van der Waals surface area contributed by atoms with Crippen LogP contribution in [0.4, 0.5) is 0 Å². The average Bonchev–Trinajstić information content (AvgIpc) is 2.29. The van der Waals surface area contributed by atoms with Gasteiger partial charge in [0.15, 0.2) is 0 Å². The fourth-order valence-corrected chi connectivity index (χ4v) is 3.45. The Kier molecular flexibility index (Phi) is 2.10. The molecule has 0 saturated carbocycles. The Morgan fingerprint density at radius 2 is 2.20 bits per heavy atom. The van der Waals surface area contributed by atoms with Gasteiger partial charge in [-0.05, 0) is 54.8 Å². The van der Waals surface area contributed by atoms with Gasteiger partial charge in [0.1, 0.15) is 0 Å². The zero-order valence-electron chi connectivity index (χ0n) is 9.42. The van der Waals surface area contributed by atoms with Gasteiger partial charge in [0, 0.05) is 0 Å². The molecule has 1 heteroatoms. The molecule has 0 bridgehead atoms. The van der Waals surface area contributed by atoms with Gasteiger partial charge in [-0.25, -0.2) is 0 Å². The lowest BCUT2D eigenvalue weighted by Gasteiger charge is -2.46. The van der Waals surface area contributed by atoms with Crippen molar-refractivity contribution in [2.75, 3.05) is 13.1 Å². The summed E-state index contributed by atoms with van der Waals surface area (Å²) in [4.78, 5) is 0. The molecule has 15 heavy (non-hydrogen) atoms. The van der Waals surface area contributed by atoms with Crippen LogP contribution in [-0.4, -0.2) is 13.1 Å². The number of piperidine rings is 1. The largest absolute Gasteiger partial charge is 0.316 e. The normalized spacial score (nSPS) is 34.3. The SMILES string of the molecule is CC12CCNC[C@@H]1CCc1ccccc12. The smallest absolute Gasteiger partial charge is 0.00120 e. The van der Waals surface area contributed by atoms with E-state index in [4.69, 9.17) is 0 Å². The topological polar surface area (TPSA) is 12.0 Å². The van der Waals surface area contributed by atoms with E-state index in [1.54, 1.807) is 11.1 Å².